The summed E-state index contributed by atoms with van der Waals surface area (Å²) >= 11 is 5.03. The van der Waals surface area contributed by atoms with Crippen molar-refractivity contribution in [3.05, 3.63) is 63.3 Å². The van der Waals surface area contributed by atoms with E-state index in [0.29, 0.717) is 12.2 Å². The molecule has 20 heavy (non-hydrogen) atoms. The van der Waals surface area contributed by atoms with Gasteiger partial charge in [-0.25, -0.2) is 0 Å². The first-order chi connectivity index (χ1) is 9.66. The van der Waals surface area contributed by atoms with E-state index in [1.165, 1.54) is 5.56 Å². The van der Waals surface area contributed by atoms with E-state index in [2.05, 4.69) is 4.98 Å². The number of aromatic nitrogens is 2. The molecular weight excluding hydrogens is 270 g/mol. The molecule has 4 nitrogen and oxygen atoms in total. The highest BCUT2D eigenvalue weighted by Crippen LogP contribution is 2.21. The number of thiocarbonyl (C=S) groups is 1. The van der Waals surface area contributed by atoms with Gasteiger partial charge < -0.3 is 10.3 Å². The Morgan fingerprint density at radius 3 is 3.00 bits per heavy atom. The highest BCUT2D eigenvalue weighted by molar-refractivity contribution is 7.80. The zero-order valence-corrected chi connectivity index (χ0v) is 11.8. The number of fused-ring (bicyclic) bond motifs is 1. The largest absolute Gasteiger partial charge is 0.388 e. The topological polar surface area (TPSA) is 60.9 Å². The summed E-state index contributed by atoms with van der Waals surface area (Å²) in [6, 6.07) is 7.34. The molecule has 5 heteroatoms. The van der Waals surface area contributed by atoms with Crippen LogP contribution in [0.5, 0.6) is 0 Å². The Bertz CT molecular complexity index is 736. The van der Waals surface area contributed by atoms with Gasteiger partial charge in [0.15, 0.2) is 0 Å². The number of nitrogens with zero attached hydrogens (tertiary/aromatic N) is 2. The summed E-state index contributed by atoms with van der Waals surface area (Å²) in [7, 11) is 0. The zero-order valence-electron chi connectivity index (χ0n) is 11.0. The van der Waals surface area contributed by atoms with Gasteiger partial charge in [-0.1, -0.05) is 24.4 Å². The maximum absolute atomic E-state index is 12.1. The molecule has 0 spiro atoms. The number of hydrogen-bond donors (Lipinski definition) is 1. The lowest BCUT2D eigenvalue weighted by Crippen LogP contribution is -2.25. The van der Waals surface area contributed by atoms with Gasteiger partial charge in [0.25, 0.3) is 5.56 Å². The summed E-state index contributed by atoms with van der Waals surface area (Å²) in [4.78, 5) is 16.6. The van der Waals surface area contributed by atoms with Crippen molar-refractivity contribution >= 4 is 17.2 Å². The fraction of sp³-hybridized carbons (Fsp3) is 0.267. The number of hydrogen-bond acceptors (Lipinski definition) is 3. The second-order valence-corrected chi connectivity index (χ2v) is 5.40. The molecule has 2 heterocycles. The van der Waals surface area contributed by atoms with Crippen LogP contribution in [0.1, 0.15) is 28.9 Å². The van der Waals surface area contributed by atoms with Crippen molar-refractivity contribution in [3.63, 3.8) is 0 Å². The van der Waals surface area contributed by atoms with Crippen molar-refractivity contribution < 1.29 is 0 Å². The molecule has 2 N–H and O–H groups in total. The maximum atomic E-state index is 12.1. The Labute approximate surface area is 122 Å². The second-order valence-electron chi connectivity index (χ2n) is 4.96. The Hall–Kier alpha value is -2.01. The molecule has 0 unspecified atom stereocenters. The minimum absolute atomic E-state index is 0.0170. The summed E-state index contributed by atoms with van der Waals surface area (Å²) in [6.07, 6.45) is 4.77. The molecular formula is C15H15N3OS. The first-order valence-electron chi connectivity index (χ1n) is 6.62. The van der Waals surface area contributed by atoms with Gasteiger partial charge in [0.05, 0.1) is 6.54 Å². The predicted molar refractivity (Wildman–Crippen MR) is 82.0 cm³/mol. The molecule has 0 amide bonds. The van der Waals surface area contributed by atoms with Gasteiger partial charge in [0, 0.05) is 23.5 Å². The molecule has 2 aromatic heterocycles. The summed E-state index contributed by atoms with van der Waals surface area (Å²) < 4.78 is 1.82. The van der Waals surface area contributed by atoms with Crippen LogP contribution in [0.2, 0.25) is 0 Å². The van der Waals surface area contributed by atoms with Crippen LogP contribution in [0.3, 0.4) is 0 Å². The van der Waals surface area contributed by atoms with E-state index in [9.17, 15) is 4.79 Å². The summed E-state index contributed by atoms with van der Waals surface area (Å²) in [5, 5.41) is 0. The van der Waals surface area contributed by atoms with E-state index in [0.717, 1.165) is 30.5 Å². The van der Waals surface area contributed by atoms with E-state index in [-0.39, 0.29) is 10.5 Å². The quantitative estimate of drug-likeness (QED) is 0.866. The second kappa shape index (κ2) is 5.17. The van der Waals surface area contributed by atoms with Gasteiger partial charge in [-0.15, -0.1) is 0 Å². The van der Waals surface area contributed by atoms with Gasteiger partial charge in [-0.2, -0.15) is 0 Å². The van der Waals surface area contributed by atoms with E-state index in [1.54, 1.807) is 12.3 Å². The van der Waals surface area contributed by atoms with Gasteiger partial charge in [0.2, 0.25) is 0 Å². The molecule has 0 saturated carbocycles. The van der Waals surface area contributed by atoms with Crippen molar-refractivity contribution in [3.8, 4) is 0 Å². The molecule has 0 aliphatic heterocycles. The van der Waals surface area contributed by atoms with Crippen molar-refractivity contribution in [2.45, 2.75) is 25.8 Å². The fourth-order valence-corrected chi connectivity index (χ4v) is 2.95. The van der Waals surface area contributed by atoms with Gasteiger partial charge in [0.1, 0.15) is 10.7 Å². The van der Waals surface area contributed by atoms with E-state index in [1.807, 2.05) is 22.8 Å². The summed E-state index contributed by atoms with van der Waals surface area (Å²) in [5.41, 5.74) is 9.61. The van der Waals surface area contributed by atoms with Crippen molar-refractivity contribution in [1.82, 2.24) is 9.55 Å². The molecule has 1 aliphatic carbocycles. The first-order valence-corrected chi connectivity index (χ1v) is 7.03. The summed E-state index contributed by atoms with van der Waals surface area (Å²) in [5.74, 6) is 0. The molecule has 0 radical (unpaired) electrons. The van der Waals surface area contributed by atoms with Gasteiger partial charge >= 0.3 is 0 Å². The van der Waals surface area contributed by atoms with E-state index < -0.39 is 0 Å². The Kier molecular flexibility index (Phi) is 3.36. The Morgan fingerprint density at radius 2 is 2.20 bits per heavy atom. The minimum atomic E-state index is 0.0170. The molecule has 1 aliphatic rings. The first kappa shape index (κ1) is 13.0. The molecule has 0 aromatic carbocycles. The molecule has 3 rings (SSSR count). The molecule has 0 saturated heterocycles. The predicted octanol–water partition coefficient (Wildman–Crippen LogP) is 1.41. The molecule has 2 aromatic rings. The minimum Gasteiger partial charge on any atom is -0.388 e. The van der Waals surface area contributed by atoms with Crippen LogP contribution in [0.4, 0.5) is 0 Å². The lowest BCUT2D eigenvalue weighted by Gasteiger charge is -2.13. The zero-order chi connectivity index (χ0) is 14.1. The van der Waals surface area contributed by atoms with E-state index in [4.69, 9.17) is 18.0 Å². The fourth-order valence-electron chi connectivity index (χ4n) is 2.77. The Balaban J connectivity index is 2.07. The normalized spacial score (nSPS) is 13.2. The number of pyridine rings is 2. The average molecular weight is 285 g/mol. The number of aryl methyl sites for hydroxylation is 1. The third kappa shape index (κ3) is 2.25. The van der Waals surface area contributed by atoms with Crippen LogP contribution in [-0.2, 0) is 19.4 Å². The average Bonchev–Trinajstić information content (AvgIpc) is 2.91. The Morgan fingerprint density at radius 1 is 1.35 bits per heavy atom. The summed E-state index contributed by atoms with van der Waals surface area (Å²) in [6.45, 7) is 0.475. The highest BCUT2D eigenvalue weighted by atomic mass is 32.1. The standard InChI is InChI=1S/C15H15N3OS/c16-15(20)14-11(4-2-8-17-14)9-18-12-5-1-3-10(12)6-7-13(18)19/h2,4,6-8H,1,3,5,9H2,(H2,16,20). The molecule has 0 atom stereocenters. The van der Waals surface area contributed by atoms with Crippen LogP contribution >= 0.6 is 12.2 Å². The van der Waals surface area contributed by atoms with Crippen molar-refractivity contribution in [2.24, 2.45) is 5.73 Å². The monoisotopic (exact) mass is 285 g/mol. The third-order valence-corrected chi connectivity index (χ3v) is 3.90. The molecule has 0 bridgehead atoms. The molecule has 0 fully saturated rings. The van der Waals surface area contributed by atoms with Crippen LogP contribution in [0, 0.1) is 0 Å². The smallest absolute Gasteiger partial charge is 0.251 e. The lowest BCUT2D eigenvalue weighted by atomic mass is 10.1. The van der Waals surface area contributed by atoms with Crippen LogP contribution in [0.15, 0.2) is 35.3 Å². The van der Waals surface area contributed by atoms with Crippen LogP contribution < -0.4 is 11.3 Å². The maximum Gasteiger partial charge on any atom is 0.251 e. The van der Waals surface area contributed by atoms with Crippen molar-refractivity contribution in [1.29, 1.82) is 0 Å². The van der Waals surface area contributed by atoms with Gasteiger partial charge in [-0.05, 0) is 30.9 Å². The lowest BCUT2D eigenvalue weighted by molar-refractivity contribution is 0.704. The van der Waals surface area contributed by atoms with Crippen LogP contribution in [0.25, 0.3) is 0 Å². The number of rotatable bonds is 3. The van der Waals surface area contributed by atoms with Crippen molar-refractivity contribution in [2.75, 3.05) is 0 Å². The van der Waals surface area contributed by atoms with Crippen LogP contribution in [-0.4, -0.2) is 14.5 Å². The van der Waals surface area contributed by atoms with Gasteiger partial charge in [-0.3, -0.25) is 9.78 Å². The highest BCUT2D eigenvalue weighted by Gasteiger charge is 2.17. The molecule has 102 valence electrons. The third-order valence-electron chi connectivity index (χ3n) is 3.70. The van der Waals surface area contributed by atoms with E-state index >= 15 is 0 Å². The number of nitrogens with two attached hydrogens (primary N) is 1. The SMILES string of the molecule is NC(=S)c1ncccc1Cn1c2c(ccc1=O)CCC2.